The van der Waals surface area contributed by atoms with E-state index in [4.69, 9.17) is 12.2 Å². The SMILES string of the molecule is Cc1cc(-c2ccccc2)ccc1NC(=O)C(NC(=S)Nc1ccccc1[N+](=O)[O-])c1ccccc1. The number of nitrogens with zero attached hydrogens (tertiary/aromatic N) is 1. The molecule has 36 heavy (non-hydrogen) atoms. The summed E-state index contributed by atoms with van der Waals surface area (Å²) in [5, 5.41) is 20.3. The molecule has 3 N–H and O–H groups in total. The molecule has 0 radical (unpaired) electrons. The summed E-state index contributed by atoms with van der Waals surface area (Å²) in [5.74, 6) is -0.316. The van der Waals surface area contributed by atoms with E-state index in [1.807, 2.05) is 85.8 Å². The van der Waals surface area contributed by atoms with Crippen molar-refractivity contribution in [2.24, 2.45) is 0 Å². The van der Waals surface area contributed by atoms with E-state index < -0.39 is 11.0 Å². The van der Waals surface area contributed by atoms with Gasteiger partial charge in [0.2, 0.25) is 0 Å². The second-order valence-electron chi connectivity index (χ2n) is 8.10. The Hall–Kier alpha value is -4.56. The molecule has 0 saturated heterocycles. The summed E-state index contributed by atoms with van der Waals surface area (Å²) in [6.45, 7) is 1.94. The summed E-state index contributed by atoms with van der Waals surface area (Å²) in [4.78, 5) is 24.3. The molecule has 4 aromatic rings. The molecular weight excluding hydrogens is 472 g/mol. The lowest BCUT2D eigenvalue weighted by atomic mass is 10.0. The van der Waals surface area contributed by atoms with Gasteiger partial charge in [0.1, 0.15) is 11.7 Å². The van der Waals surface area contributed by atoms with Gasteiger partial charge in [0.25, 0.3) is 11.6 Å². The molecule has 1 atom stereocenters. The maximum absolute atomic E-state index is 13.4. The highest BCUT2D eigenvalue weighted by Crippen LogP contribution is 2.26. The summed E-state index contributed by atoms with van der Waals surface area (Å²) in [7, 11) is 0. The maximum atomic E-state index is 13.4. The first-order valence-electron chi connectivity index (χ1n) is 11.2. The normalized spacial score (nSPS) is 11.2. The molecule has 0 aliphatic rings. The Labute approximate surface area is 214 Å². The van der Waals surface area contributed by atoms with Crippen molar-refractivity contribution < 1.29 is 9.72 Å². The first-order chi connectivity index (χ1) is 17.4. The second kappa shape index (κ2) is 11.2. The number of amides is 1. The number of nitro groups is 1. The average Bonchev–Trinajstić information content (AvgIpc) is 2.89. The number of thiocarbonyl (C=S) groups is 1. The molecule has 0 heterocycles. The molecule has 4 aromatic carbocycles. The Morgan fingerprint density at radius 2 is 1.44 bits per heavy atom. The minimum Gasteiger partial charge on any atom is -0.347 e. The largest absolute Gasteiger partial charge is 0.347 e. The van der Waals surface area contributed by atoms with Crippen LogP contribution in [0.4, 0.5) is 17.1 Å². The zero-order chi connectivity index (χ0) is 25.5. The van der Waals surface area contributed by atoms with Gasteiger partial charge in [-0.05, 0) is 59.6 Å². The van der Waals surface area contributed by atoms with Crippen molar-refractivity contribution in [3.8, 4) is 11.1 Å². The van der Waals surface area contributed by atoms with E-state index in [2.05, 4.69) is 16.0 Å². The van der Waals surface area contributed by atoms with Gasteiger partial charge in [0.05, 0.1) is 4.92 Å². The lowest BCUT2D eigenvalue weighted by Gasteiger charge is -2.21. The highest BCUT2D eigenvalue weighted by atomic mass is 32.1. The van der Waals surface area contributed by atoms with Gasteiger partial charge in [-0.25, -0.2) is 0 Å². The molecule has 0 aromatic heterocycles. The number of hydrogen-bond donors (Lipinski definition) is 3. The maximum Gasteiger partial charge on any atom is 0.292 e. The minimum atomic E-state index is -0.831. The van der Waals surface area contributed by atoms with Crippen LogP contribution in [0, 0.1) is 17.0 Å². The zero-order valence-electron chi connectivity index (χ0n) is 19.5. The first kappa shape index (κ1) is 24.6. The Morgan fingerprint density at radius 3 is 2.11 bits per heavy atom. The number of nitro benzene ring substituents is 1. The van der Waals surface area contributed by atoms with Crippen molar-refractivity contribution in [2.45, 2.75) is 13.0 Å². The van der Waals surface area contributed by atoms with Crippen LogP contribution in [0.2, 0.25) is 0 Å². The molecule has 1 unspecified atom stereocenters. The van der Waals surface area contributed by atoms with Crippen molar-refractivity contribution in [1.29, 1.82) is 0 Å². The van der Waals surface area contributed by atoms with E-state index in [0.717, 1.165) is 16.7 Å². The monoisotopic (exact) mass is 496 g/mol. The van der Waals surface area contributed by atoms with Crippen LogP contribution in [0.25, 0.3) is 11.1 Å². The fourth-order valence-electron chi connectivity index (χ4n) is 3.79. The summed E-state index contributed by atoms with van der Waals surface area (Å²) in [6.07, 6.45) is 0. The molecule has 0 bridgehead atoms. The third-order valence-electron chi connectivity index (χ3n) is 5.61. The van der Waals surface area contributed by atoms with E-state index in [0.29, 0.717) is 11.3 Å². The number of nitrogens with one attached hydrogen (secondary N) is 3. The number of rotatable bonds is 7. The molecule has 0 fully saturated rings. The van der Waals surface area contributed by atoms with Crippen molar-refractivity contribution in [1.82, 2.24) is 5.32 Å². The van der Waals surface area contributed by atoms with Gasteiger partial charge in [-0.2, -0.15) is 0 Å². The van der Waals surface area contributed by atoms with E-state index in [-0.39, 0.29) is 22.4 Å². The summed E-state index contributed by atoms with van der Waals surface area (Å²) in [5.41, 5.74) is 4.56. The lowest BCUT2D eigenvalue weighted by molar-refractivity contribution is -0.383. The highest BCUT2D eigenvalue weighted by molar-refractivity contribution is 7.80. The third-order valence-corrected chi connectivity index (χ3v) is 5.83. The molecule has 4 rings (SSSR count). The standard InChI is InChI=1S/C28H24N4O3S/c1-19-18-22(20-10-4-2-5-11-20)16-17-23(19)29-27(33)26(21-12-6-3-7-13-21)31-28(36)30-24-14-8-9-15-25(24)32(34)35/h2-18,26H,1H3,(H,29,33)(H2,30,31,36). The van der Waals surface area contributed by atoms with Gasteiger partial charge >= 0.3 is 0 Å². The molecule has 0 aliphatic carbocycles. The molecule has 0 saturated carbocycles. The number of aryl methyl sites for hydroxylation is 1. The van der Waals surface area contributed by atoms with E-state index in [1.165, 1.54) is 6.07 Å². The highest BCUT2D eigenvalue weighted by Gasteiger charge is 2.23. The van der Waals surface area contributed by atoms with Crippen LogP contribution in [-0.4, -0.2) is 15.9 Å². The molecule has 1 amide bonds. The van der Waals surface area contributed by atoms with Gasteiger partial charge in [-0.15, -0.1) is 0 Å². The van der Waals surface area contributed by atoms with Gasteiger partial charge in [0.15, 0.2) is 5.11 Å². The van der Waals surface area contributed by atoms with Crippen molar-refractivity contribution >= 4 is 40.3 Å². The van der Waals surface area contributed by atoms with Gasteiger partial charge in [-0.1, -0.05) is 78.9 Å². The van der Waals surface area contributed by atoms with Crippen LogP contribution >= 0.6 is 12.2 Å². The minimum absolute atomic E-state index is 0.0875. The summed E-state index contributed by atoms with van der Waals surface area (Å²) < 4.78 is 0. The zero-order valence-corrected chi connectivity index (χ0v) is 20.3. The smallest absolute Gasteiger partial charge is 0.292 e. The fourth-order valence-corrected chi connectivity index (χ4v) is 4.02. The van der Waals surface area contributed by atoms with Crippen LogP contribution in [0.1, 0.15) is 17.2 Å². The van der Waals surface area contributed by atoms with E-state index >= 15 is 0 Å². The van der Waals surface area contributed by atoms with Crippen molar-refractivity contribution in [2.75, 3.05) is 10.6 Å². The van der Waals surface area contributed by atoms with Crippen molar-refractivity contribution in [3.63, 3.8) is 0 Å². The van der Waals surface area contributed by atoms with E-state index in [1.54, 1.807) is 18.2 Å². The van der Waals surface area contributed by atoms with Gasteiger partial charge in [-0.3, -0.25) is 14.9 Å². The second-order valence-corrected chi connectivity index (χ2v) is 8.51. The number of hydrogen-bond acceptors (Lipinski definition) is 4. The topological polar surface area (TPSA) is 96.3 Å². The van der Waals surface area contributed by atoms with Crippen LogP contribution < -0.4 is 16.0 Å². The van der Waals surface area contributed by atoms with Crippen LogP contribution in [0.15, 0.2) is 103 Å². The first-order valence-corrected chi connectivity index (χ1v) is 11.7. The Morgan fingerprint density at radius 1 is 0.806 bits per heavy atom. The lowest BCUT2D eigenvalue weighted by Crippen LogP contribution is -2.39. The molecular formula is C28H24N4O3S. The Kier molecular flexibility index (Phi) is 7.67. The number of carbonyl (C=O) groups is 1. The molecule has 180 valence electrons. The predicted octanol–water partition coefficient (Wildman–Crippen LogP) is 6.24. The number of benzene rings is 4. The van der Waals surface area contributed by atoms with Gasteiger partial charge in [0, 0.05) is 11.8 Å². The Balaban J connectivity index is 1.54. The van der Waals surface area contributed by atoms with E-state index in [9.17, 15) is 14.9 Å². The average molecular weight is 497 g/mol. The third kappa shape index (κ3) is 5.92. The number of para-hydroxylation sites is 2. The predicted molar refractivity (Wildman–Crippen MR) is 147 cm³/mol. The van der Waals surface area contributed by atoms with Gasteiger partial charge < -0.3 is 16.0 Å². The molecule has 0 spiro atoms. The summed E-state index contributed by atoms with van der Waals surface area (Å²) in [6, 6.07) is 30.4. The quantitative estimate of drug-likeness (QED) is 0.159. The van der Waals surface area contributed by atoms with Crippen LogP contribution in [0.5, 0.6) is 0 Å². The van der Waals surface area contributed by atoms with Crippen LogP contribution in [0.3, 0.4) is 0 Å². The molecule has 7 nitrogen and oxygen atoms in total. The van der Waals surface area contributed by atoms with Crippen molar-refractivity contribution in [3.05, 3.63) is 124 Å². The Bertz CT molecular complexity index is 1390. The number of carbonyl (C=O) groups excluding carboxylic acids is 1. The fraction of sp³-hybridized carbons (Fsp3) is 0.0714. The van der Waals surface area contributed by atoms with Crippen LogP contribution in [-0.2, 0) is 4.79 Å². The number of anilines is 2. The molecule has 0 aliphatic heterocycles. The summed E-state index contributed by atoms with van der Waals surface area (Å²) >= 11 is 5.41. The molecule has 8 heteroatoms.